The van der Waals surface area contributed by atoms with Gasteiger partial charge in [0.25, 0.3) is 0 Å². The van der Waals surface area contributed by atoms with Gasteiger partial charge in [-0.05, 0) is 36.8 Å². The predicted molar refractivity (Wildman–Crippen MR) is 122 cm³/mol. The van der Waals surface area contributed by atoms with E-state index in [-0.39, 0.29) is 23.7 Å². The van der Waals surface area contributed by atoms with Gasteiger partial charge in [0.2, 0.25) is 5.91 Å². The minimum absolute atomic E-state index is 0.0214. The maximum Gasteiger partial charge on any atom is 0.319 e. The van der Waals surface area contributed by atoms with Gasteiger partial charge in [-0.1, -0.05) is 26.8 Å². The van der Waals surface area contributed by atoms with Crippen molar-refractivity contribution in [2.75, 3.05) is 31.1 Å². The Balaban J connectivity index is 1.67. The highest BCUT2D eigenvalue weighted by atomic mass is 19.1. The zero-order chi connectivity index (χ0) is 23.5. The number of amides is 3. The van der Waals surface area contributed by atoms with Crippen LogP contribution in [0.3, 0.4) is 0 Å². The zero-order valence-corrected chi connectivity index (χ0v) is 19.3. The summed E-state index contributed by atoms with van der Waals surface area (Å²) >= 11 is 0. The van der Waals surface area contributed by atoms with Crippen molar-refractivity contribution in [1.29, 1.82) is 0 Å². The summed E-state index contributed by atoms with van der Waals surface area (Å²) in [5.41, 5.74) is 7.85. The first-order valence-corrected chi connectivity index (χ1v) is 10.8. The molecule has 3 amide bonds. The van der Waals surface area contributed by atoms with Crippen LogP contribution in [0.2, 0.25) is 0 Å². The molecule has 1 aliphatic rings. The normalized spacial score (nSPS) is 15.0. The van der Waals surface area contributed by atoms with Crippen molar-refractivity contribution in [2.24, 2.45) is 11.1 Å². The zero-order valence-electron chi connectivity index (χ0n) is 19.3. The third-order valence-electron chi connectivity index (χ3n) is 5.62. The summed E-state index contributed by atoms with van der Waals surface area (Å²) < 4.78 is 14.6. The molecule has 32 heavy (non-hydrogen) atoms. The van der Waals surface area contributed by atoms with Crippen LogP contribution >= 0.6 is 0 Å². The second kappa shape index (κ2) is 9.65. The highest BCUT2D eigenvalue weighted by Crippen LogP contribution is 2.22. The average molecular weight is 442 g/mol. The van der Waals surface area contributed by atoms with Gasteiger partial charge in [0.15, 0.2) is 0 Å². The Hall–Kier alpha value is -3.00. The summed E-state index contributed by atoms with van der Waals surface area (Å²) in [6, 6.07) is 7.82. The lowest BCUT2D eigenvalue weighted by molar-refractivity contribution is -0.141. The third-order valence-corrected chi connectivity index (χ3v) is 5.62. The van der Waals surface area contributed by atoms with Crippen molar-refractivity contribution in [3.05, 3.63) is 59.2 Å². The number of hydrogen-bond donors (Lipinski definition) is 1. The molecule has 1 aliphatic heterocycles. The fourth-order valence-electron chi connectivity index (χ4n) is 3.78. The molecule has 1 aromatic carbocycles. The number of rotatable bonds is 5. The molecule has 172 valence electrons. The van der Waals surface area contributed by atoms with Gasteiger partial charge >= 0.3 is 6.03 Å². The number of urea groups is 1. The Morgan fingerprint density at radius 1 is 1.12 bits per heavy atom. The summed E-state index contributed by atoms with van der Waals surface area (Å²) in [7, 11) is 0. The molecular formula is C24H32FN5O2. The van der Waals surface area contributed by atoms with Gasteiger partial charge in [-0.2, -0.15) is 0 Å². The Kier molecular flexibility index (Phi) is 7.13. The summed E-state index contributed by atoms with van der Waals surface area (Å²) in [6.45, 7) is 11.2. The first kappa shape index (κ1) is 23.7. The summed E-state index contributed by atoms with van der Waals surface area (Å²) in [5, 5.41) is 0. The topological polar surface area (TPSA) is 82.8 Å². The lowest BCUT2D eigenvalue weighted by atomic mass is 9.94. The minimum atomic E-state index is -0.667. The number of anilines is 1. The molecule has 0 atom stereocenters. The standard InChI is InChI=1S/C24H32FN5O2/c1-17-5-7-20(14-27-17)30(23(26)32)16-19-13-18(6-8-21(19)25)15-28-9-11-29(12-10-28)22(31)24(2,3)4/h5-8,13-14H,9-12,15-16H2,1-4H3,(H2,26,32). The highest BCUT2D eigenvalue weighted by molar-refractivity contribution is 5.90. The number of nitrogens with two attached hydrogens (primary N) is 1. The van der Waals surface area contributed by atoms with Crippen molar-refractivity contribution in [3.63, 3.8) is 0 Å². The first-order valence-electron chi connectivity index (χ1n) is 10.8. The van der Waals surface area contributed by atoms with Crippen molar-refractivity contribution < 1.29 is 14.0 Å². The number of carbonyl (C=O) groups is 2. The van der Waals surface area contributed by atoms with E-state index in [4.69, 9.17) is 5.73 Å². The highest BCUT2D eigenvalue weighted by Gasteiger charge is 2.29. The third kappa shape index (κ3) is 5.82. The molecule has 2 heterocycles. The van der Waals surface area contributed by atoms with Crippen LogP contribution < -0.4 is 10.6 Å². The number of piperazine rings is 1. The van der Waals surface area contributed by atoms with Crippen LogP contribution in [0.4, 0.5) is 14.9 Å². The van der Waals surface area contributed by atoms with Crippen LogP contribution in [-0.2, 0) is 17.9 Å². The summed E-state index contributed by atoms with van der Waals surface area (Å²) in [5.74, 6) is -0.223. The smallest absolute Gasteiger partial charge is 0.319 e. The molecule has 0 unspecified atom stereocenters. The minimum Gasteiger partial charge on any atom is -0.351 e. The lowest BCUT2D eigenvalue weighted by Gasteiger charge is -2.37. The van der Waals surface area contributed by atoms with E-state index in [0.717, 1.165) is 24.3 Å². The van der Waals surface area contributed by atoms with Gasteiger partial charge in [-0.3, -0.25) is 19.6 Å². The maximum atomic E-state index is 14.6. The molecule has 0 spiro atoms. The number of benzene rings is 1. The largest absolute Gasteiger partial charge is 0.351 e. The van der Waals surface area contributed by atoms with E-state index >= 15 is 0 Å². The molecule has 2 N–H and O–H groups in total. The number of primary amides is 1. The molecule has 2 aromatic rings. The predicted octanol–water partition coefficient (Wildman–Crippen LogP) is 3.30. The maximum absolute atomic E-state index is 14.6. The molecule has 3 rings (SSSR count). The van der Waals surface area contributed by atoms with Gasteiger partial charge in [0, 0.05) is 49.4 Å². The SMILES string of the molecule is Cc1ccc(N(Cc2cc(CN3CCN(C(=O)C(C)(C)C)CC3)ccc2F)C(N)=O)cn1. The molecule has 7 nitrogen and oxygen atoms in total. The van der Waals surface area contributed by atoms with E-state index in [1.54, 1.807) is 30.5 Å². The van der Waals surface area contributed by atoms with Gasteiger partial charge in [-0.15, -0.1) is 0 Å². The van der Waals surface area contributed by atoms with Crippen LogP contribution in [0.15, 0.2) is 36.5 Å². The quantitative estimate of drug-likeness (QED) is 0.772. The van der Waals surface area contributed by atoms with E-state index in [2.05, 4.69) is 9.88 Å². The van der Waals surface area contributed by atoms with Crippen molar-refractivity contribution >= 4 is 17.6 Å². The average Bonchev–Trinajstić information content (AvgIpc) is 2.74. The van der Waals surface area contributed by atoms with Crippen LogP contribution in [-0.4, -0.2) is 52.9 Å². The van der Waals surface area contributed by atoms with Gasteiger partial charge in [0.05, 0.1) is 18.4 Å². The van der Waals surface area contributed by atoms with E-state index in [9.17, 15) is 14.0 Å². The van der Waals surface area contributed by atoms with Crippen LogP contribution in [0.1, 0.15) is 37.6 Å². The molecular weight excluding hydrogens is 409 g/mol. The Labute approximate surface area is 189 Å². The van der Waals surface area contributed by atoms with Crippen LogP contribution in [0, 0.1) is 18.2 Å². The van der Waals surface area contributed by atoms with Crippen molar-refractivity contribution in [2.45, 2.75) is 40.8 Å². The first-order chi connectivity index (χ1) is 15.0. The van der Waals surface area contributed by atoms with Crippen molar-refractivity contribution in [1.82, 2.24) is 14.8 Å². The van der Waals surface area contributed by atoms with E-state index in [1.807, 2.05) is 32.6 Å². The monoisotopic (exact) mass is 441 g/mol. The van der Waals surface area contributed by atoms with E-state index in [1.165, 1.54) is 11.0 Å². The summed E-state index contributed by atoms with van der Waals surface area (Å²) in [6.07, 6.45) is 1.56. The van der Waals surface area contributed by atoms with Gasteiger partial charge in [-0.25, -0.2) is 9.18 Å². The molecule has 0 saturated carbocycles. The molecule has 0 radical (unpaired) electrons. The Morgan fingerprint density at radius 3 is 2.38 bits per heavy atom. The molecule has 1 saturated heterocycles. The number of pyridine rings is 1. The van der Waals surface area contributed by atoms with Crippen LogP contribution in [0.5, 0.6) is 0 Å². The Morgan fingerprint density at radius 2 is 1.81 bits per heavy atom. The fourth-order valence-corrected chi connectivity index (χ4v) is 3.78. The van der Waals surface area contributed by atoms with Crippen molar-refractivity contribution in [3.8, 4) is 0 Å². The molecule has 0 aliphatic carbocycles. The number of aryl methyl sites for hydroxylation is 1. The number of nitrogens with zero attached hydrogens (tertiary/aromatic N) is 4. The number of hydrogen-bond acceptors (Lipinski definition) is 4. The second-order valence-electron chi connectivity index (χ2n) is 9.33. The number of halogens is 1. The summed E-state index contributed by atoms with van der Waals surface area (Å²) in [4.78, 5) is 34.2. The molecule has 1 aromatic heterocycles. The number of aromatic nitrogens is 1. The molecule has 0 bridgehead atoms. The van der Waals surface area contributed by atoms with Gasteiger partial charge < -0.3 is 10.6 Å². The fraction of sp³-hybridized carbons (Fsp3) is 0.458. The van der Waals surface area contributed by atoms with Gasteiger partial charge in [0.1, 0.15) is 5.82 Å². The lowest BCUT2D eigenvalue weighted by Crippen LogP contribution is -2.51. The molecule has 1 fully saturated rings. The van der Waals surface area contributed by atoms with E-state index < -0.39 is 6.03 Å². The van der Waals surface area contributed by atoms with Crippen LogP contribution in [0.25, 0.3) is 0 Å². The second-order valence-corrected chi connectivity index (χ2v) is 9.33. The van der Waals surface area contributed by atoms with E-state index in [0.29, 0.717) is 30.9 Å². The Bertz CT molecular complexity index is 963. The molecule has 8 heteroatoms. The number of carbonyl (C=O) groups excluding carboxylic acids is 2.